The zero-order chi connectivity index (χ0) is 13.7. The van der Waals surface area contributed by atoms with Crippen molar-refractivity contribution >= 4 is 5.69 Å². The summed E-state index contributed by atoms with van der Waals surface area (Å²) < 4.78 is 0. The second kappa shape index (κ2) is 6.42. The fourth-order valence-electron chi connectivity index (χ4n) is 3.06. The van der Waals surface area contributed by atoms with Gasteiger partial charge in [0.25, 0.3) is 0 Å². The summed E-state index contributed by atoms with van der Waals surface area (Å²) in [6.45, 7) is 9.93. The normalized spacial score (nSPS) is 17.6. The van der Waals surface area contributed by atoms with Crippen LogP contribution in [0.15, 0.2) is 24.3 Å². The summed E-state index contributed by atoms with van der Waals surface area (Å²) >= 11 is 0. The number of nitrogens with zero attached hydrogens (tertiary/aromatic N) is 1. The molecule has 0 amide bonds. The molecular formula is C17H28N2. The first-order valence-electron chi connectivity index (χ1n) is 7.76. The summed E-state index contributed by atoms with van der Waals surface area (Å²) in [6.07, 6.45) is 5.41. The molecule has 0 saturated heterocycles. The maximum atomic E-state index is 3.74. The van der Waals surface area contributed by atoms with Gasteiger partial charge in [0, 0.05) is 30.9 Å². The maximum absolute atomic E-state index is 3.74. The highest BCUT2D eigenvalue weighted by atomic mass is 15.1. The highest BCUT2D eigenvalue weighted by Crippen LogP contribution is 2.29. The quantitative estimate of drug-likeness (QED) is 0.833. The van der Waals surface area contributed by atoms with Gasteiger partial charge in [-0.25, -0.2) is 0 Å². The van der Waals surface area contributed by atoms with Gasteiger partial charge in [-0.15, -0.1) is 0 Å². The van der Waals surface area contributed by atoms with Crippen LogP contribution in [-0.4, -0.2) is 18.6 Å². The van der Waals surface area contributed by atoms with Crippen LogP contribution in [0.1, 0.15) is 52.0 Å². The minimum atomic E-state index is 0.373. The smallest absolute Gasteiger partial charge is 0.0366 e. The van der Waals surface area contributed by atoms with E-state index in [0.29, 0.717) is 5.54 Å². The van der Waals surface area contributed by atoms with Crippen LogP contribution in [0.4, 0.5) is 5.69 Å². The Morgan fingerprint density at radius 3 is 2.16 bits per heavy atom. The fourth-order valence-corrected chi connectivity index (χ4v) is 3.06. The molecule has 0 unspecified atom stereocenters. The molecule has 1 aliphatic carbocycles. The first kappa shape index (κ1) is 14.4. The molecule has 2 nitrogen and oxygen atoms in total. The highest BCUT2D eigenvalue weighted by Gasteiger charge is 2.27. The van der Waals surface area contributed by atoms with E-state index in [4.69, 9.17) is 0 Å². The zero-order valence-corrected chi connectivity index (χ0v) is 12.7. The van der Waals surface area contributed by atoms with Crippen molar-refractivity contribution in [2.75, 3.05) is 18.0 Å². The second-order valence-corrected chi connectivity index (χ2v) is 5.96. The van der Waals surface area contributed by atoms with E-state index in [1.807, 2.05) is 0 Å². The predicted molar refractivity (Wildman–Crippen MR) is 83.7 cm³/mol. The summed E-state index contributed by atoms with van der Waals surface area (Å²) in [4.78, 5) is 2.38. The lowest BCUT2D eigenvalue weighted by Gasteiger charge is -2.26. The lowest BCUT2D eigenvalue weighted by atomic mass is 10.0. The third-order valence-electron chi connectivity index (χ3n) is 4.49. The molecule has 1 saturated carbocycles. The molecule has 2 rings (SSSR count). The predicted octanol–water partition coefficient (Wildman–Crippen LogP) is 3.96. The summed E-state index contributed by atoms with van der Waals surface area (Å²) in [6, 6.07) is 9.03. The maximum Gasteiger partial charge on any atom is 0.0366 e. The van der Waals surface area contributed by atoms with Gasteiger partial charge >= 0.3 is 0 Å². The van der Waals surface area contributed by atoms with E-state index in [9.17, 15) is 0 Å². The molecule has 1 aromatic carbocycles. The number of anilines is 1. The fraction of sp³-hybridized carbons (Fsp3) is 0.647. The molecule has 0 bridgehead atoms. The molecular weight excluding hydrogens is 232 g/mol. The van der Waals surface area contributed by atoms with Crippen molar-refractivity contribution in [1.82, 2.24) is 5.32 Å². The molecule has 0 aliphatic heterocycles. The average Bonchev–Trinajstić information content (AvgIpc) is 2.87. The van der Waals surface area contributed by atoms with Crippen molar-refractivity contribution in [3.05, 3.63) is 29.8 Å². The van der Waals surface area contributed by atoms with Crippen molar-refractivity contribution < 1.29 is 0 Å². The van der Waals surface area contributed by atoms with Gasteiger partial charge in [0.05, 0.1) is 0 Å². The molecule has 0 spiro atoms. The monoisotopic (exact) mass is 260 g/mol. The largest absolute Gasteiger partial charge is 0.372 e. The molecule has 19 heavy (non-hydrogen) atoms. The Kier molecular flexibility index (Phi) is 4.87. The Bertz CT molecular complexity index is 373. The summed E-state index contributed by atoms with van der Waals surface area (Å²) in [5, 5.41) is 3.74. The zero-order valence-electron chi connectivity index (χ0n) is 12.7. The average molecular weight is 260 g/mol. The van der Waals surface area contributed by atoms with Gasteiger partial charge < -0.3 is 10.2 Å². The van der Waals surface area contributed by atoms with E-state index in [-0.39, 0.29) is 0 Å². The molecule has 106 valence electrons. The molecule has 1 N–H and O–H groups in total. The molecule has 1 aliphatic rings. The van der Waals surface area contributed by atoms with Crippen molar-refractivity contribution in [2.24, 2.45) is 0 Å². The van der Waals surface area contributed by atoms with Gasteiger partial charge in [-0.05, 0) is 51.3 Å². The molecule has 0 atom stereocenters. The van der Waals surface area contributed by atoms with Crippen LogP contribution in [0.2, 0.25) is 0 Å². The molecule has 0 radical (unpaired) electrons. The van der Waals surface area contributed by atoms with Crippen molar-refractivity contribution in [1.29, 1.82) is 0 Å². The third kappa shape index (κ3) is 3.73. The summed E-state index contributed by atoms with van der Waals surface area (Å²) in [5.41, 5.74) is 3.10. The van der Waals surface area contributed by atoms with E-state index < -0.39 is 0 Å². The number of benzene rings is 1. The van der Waals surface area contributed by atoms with Crippen LogP contribution in [-0.2, 0) is 6.54 Å². The van der Waals surface area contributed by atoms with Crippen molar-refractivity contribution in [2.45, 2.75) is 58.5 Å². The van der Waals surface area contributed by atoms with Gasteiger partial charge in [0.15, 0.2) is 0 Å². The second-order valence-electron chi connectivity index (χ2n) is 5.96. The highest BCUT2D eigenvalue weighted by molar-refractivity contribution is 5.47. The van der Waals surface area contributed by atoms with E-state index in [0.717, 1.165) is 19.6 Å². The molecule has 2 heteroatoms. The third-order valence-corrected chi connectivity index (χ3v) is 4.49. The van der Waals surface area contributed by atoms with E-state index in [2.05, 4.69) is 55.3 Å². The minimum Gasteiger partial charge on any atom is -0.372 e. The number of nitrogens with one attached hydrogen (secondary N) is 1. The molecule has 1 fully saturated rings. The van der Waals surface area contributed by atoms with Crippen LogP contribution in [0, 0.1) is 0 Å². The summed E-state index contributed by atoms with van der Waals surface area (Å²) in [5.74, 6) is 0. The molecule has 0 aromatic heterocycles. The Balaban J connectivity index is 1.91. The van der Waals surface area contributed by atoms with Crippen LogP contribution in [0.5, 0.6) is 0 Å². The lowest BCUT2D eigenvalue weighted by molar-refractivity contribution is 0.363. The molecule has 0 heterocycles. The van der Waals surface area contributed by atoms with Crippen LogP contribution in [0.3, 0.4) is 0 Å². The number of rotatable bonds is 6. The Labute approximate surface area is 118 Å². The lowest BCUT2D eigenvalue weighted by Crippen LogP contribution is -2.38. The van der Waals surface area contributed by atoms with Gasteiger partial charge in [-0.1, -0.05) is 25.0 Å². The summed E-state index contributed by atoms with van der Waals surface area (Å²) in [7, 11) is 0. The molecule has 1 aromatic rings. The minimum absolute atomic E-state index is 0.373. The van der Waals surface area contributed by atoms with E-state index in [1.54, 1.807) is 0 Å². The Morgan fingerprint density at radius 1 is 1.05 bits per heavy atom. The number of hydrogen-bond donors (Lipinski definition) is 1. The first-order chi connectivity index (χ1) is 9.17. The first-order valence-corrected chi connectivity index (χ1v) is 7.76. The van der Waals surface area contributed by atoms with Crippen LogP contribution < -0.4 is 10.2 Å². The van der Waals surface area contributed by atoms with Gasteiger partial charge in [0.2, 0.25) is 0 Å². The SMILES string of the molecule is CCN(CC)c1ccc(CNC2(C)CCCC2)cc1. The van der Waals surface area contributed by atoms with Crippen LogP contribution >= 0.6 is 0 Å². The number of hydrogen-bond acceptors (Lipinski definition) is 2. The van der Waals surface area contributed by atoms with E-state index in [1.165, 1.54) is 36.9 Å². The van der Waals surface area contributed by atoms with Gasteiger partial charge in [-0.3, -0.25) is 0 Å². The van der Waals surface area contributed by atoms with Gasteiger partial charge in [0.1, 0.15) is 0 Å². The standard InChI is InChI=1S/C17H28N2/c1-4-19(5-2)16-10-8-15(9-11-16)14-18-17(3)12-6-7-13-17/h8-11,18H,4-7,12-14H2,1-3H3. The Hall–Kier alpha value is -1.02. The van der Waals surface area contributed by atoms with Crippen molar-refractivity contribution in [3.63, 3.8) is 0 Å². The van der Waals surface area contributed by atoms with E-state index >= 15 is 0 Å². The topological polar surface area (TPSA) is 15.3 Å². The van der Waals surface area contributed by atoms with Crippen molar-refractivity contribution in [3.8, 4) is 0 Å². The van der Waals surface area contributed by atoms with Crippen LogP contribution in [0.25, 0.3) is 0 Å². The van der Waals surface area contributed by atoms with Gasteiger partial charge in [-0.2, -0.15) is 0 Å². The Morgan fingerprint density at radius 2 is 1.63 bits per heavy atom.